The summed E-state index contributed by atoms with van der Waals surface area (Å²) < 4.78 is 0.653. The number of H-pyrrole nitrogens is 1. The van der Waals surface area contributed by atoms with Crippen LogP contribution in [-0.2, 0) is 0 Å². The Morgan fingerprint density at radius 1 is 1.47 bits per heavy atom. The molecule has 1 aromatic heterocycles. The van der Waals surface area contributed by atoms with Crippen LogP contribution in [0.1, 0.15) is 44.5 Å². The second-order valence-electron chi connectivity index (χ2n) is 3.12. The van der Waals surface area contributed by atoms with Crippen LogP contribution < -0.4 is 0 Å². The van der Waals surface area contributed by atoms with E-state index in [1.165, 1.54) is 0 Å². The minimum Gasteiger partial charge on any atom is -0.352 e. The highest BCUT2D eigenvalue weighted by Gasteiger charge is 2.12. The van der Waals surface area contributed by atoms with Crippen molar-refractivity contribution < 1.29 is 4.79 Å². The first-order chi connectivity index (χ1) is 7.15. The fourth-order valence-corrected chi connectivity index (χ4v) is 1.16. The van der Waals surface area contributed by atoms with Gasteiger partial charge in [-0.2, -0.15) is 0 Å². The highest BCUT2D eigenvalue weighted by atomic mass is 32.1. The largest absolute Gasteiger partial charge is 0.352 e. The van der Waals surface area contributed by atoms with Gasteiger partial charge in [-0.25, -0.2) is 0 Å². The lowest BCUT2D eigenvalue weighted by molar-refractivity contribution is 0.0927. The molecule has 0 aliphatic carbocycles. The average molecular weight is 225 g/mol. The molecule has 0 saturated heterocycles. The maximum absolute atomic E-state index is 11.6. The van der Waals surface area contributed by atoms with E-state index in [0.29, 0.717) is 10.2 Å². The van der Waals surface area contributed by atoms with E-state index >= 15 is 0 Å². The van der Waals surface area contributed by atoms with Gasteiger partial charge in [0, 0.05) is 17.7 Å². The summed E-state index contributed by atoms with van der Waals surface area (Å²) in [4.78, 5) is 14.5. The van der Waals surface area contributed by atoms with Crippen LogP contribution in [0.15, 0.2) is 18.3 Å². The van der Waals surface area contributed by atoms with Crippen molar-refractivity contribution in [2.24, 2.45) is 5.92 Å². The molecule has 15 heavy (non-hydrogen) atoms. The van der Waals surface area contributed by atoms with E-state index in [0.717, 1.165) is 6.42 Å². The molecule has 0 radical (unpaired) electrons. The van der Waals surface area contributed by atoms with Crippen molar-refractivity contribution in [3.05, 3.63) is 28.5 Å². The summed E-state index contributed by atoms with van der Waals surface area (Å²) in [6.45, 7) is 7.94. The summed E-state index contributed by atoms with van der Waals surface area (Å²) in [5.74, 6) is 0.262. The van der Waals surface area contributed by atoms with Crippen LogP contribution in [0.25, 0.3) is 0 Å². The van der Waals surface area contributed by atoms with Crippen LogP contribution in [0.3, 0.4) is 0 Å². The van der Waals surface area contributed by atoms with Crippen molar-refractivity contribution in [3.63, 3.8) is 0 Å². The van der Waals surface area contributed by atoms with E-state index in [-0.39, 0.29) is 11.7 Å². The van der Waals surface area contributed by atoms with E-state index in [9.17, 15) is 4.79 Å². The predicted octanol–water partition coefficient (Wildman–Crippen LogP) is 4.00. The Bertz CT molecular complexity index is 336. The molecule has 1 atom stereocenters. The number of hydrogen-bond acceptors (Lipinski definition) is 2. The SMILES string of the molecule is CC.CCC(C)C(=O)c1ccc(=S)[nH]c1. The van der Waals surface area contributed by atoms with Crippen molar-refractivity contribution in [1.82, 2.24) is 4.98 Å². The van der Waals surface area contributed by atoms with E-state index in [1.807, 2.05) is 27.7 Å². The Morgan fingerprint density at radius 2 is 2.07 bits per heavy atom. The number of Topliss-reactive ketones (excluding diaryl/α,β-unsaturated/α-hetero) is 1. The maximum atomic E-state index is 11.6. The number of rotatable bonds is 3. The molecular weight excluding hydrogens is 206 g/mol. The highest BCUT2D eigenvalue weighted by Crippen LogP contribution is 2.10. The number of hydrogen-bond donors (Lipinski definition) is 1. The van der Waals surface area contributed by atoms with Gasteiger partial charge < -0.3 is 4.98 Å². The quantitative estimate of drug-likeness (QED) is 0.623. The number of carbonyl (C=O) groups excluding carboxylic acids is 1. The fourth-order valence-electron chi connectivity index (χ4n) is 1.03. The van der Waals surface area contributed by atoms with Crippen molar-refractivity contribution in [2.75, 3.05) is 0 Å². The molecule has 1 aromatic rings. The third-order valence-electron chi connectivity index (χ3n) is 2.13. The number of aromatic amines is 1. The summed E-state index contributed by atoms with van der Waals surface area (Å²) in [6, 6.07) is 3.51. The average Bonchev–Trinajstić information content (AvgIpc) is 2.31. The molecule has 0 bridgehead atoms. The predicted molar refractivity (Wildman–Crippen MR) is 66.8 cm³/mol. The Kier molecular flexibility index (Phi) is 6.88. The van der Waals surface area contributed by atoms with Crippen molar-refractivity contribution >= 4 is 18.0 Å². The molecule has 1 unspecified atom stereocenters. The second kappa shape index (κ2) is 7.35. The highest BCUT2D eigenvalue weighted by molar-refractivity contribution is 7.71. The van der Waals surface area contributed by atoms with Crippen LogP contribution in [0.2, 0.25) is 0 Å². The third-order valence-corrected chi connectivity index (χ3v) is 2.38. The molecule has 0 amide bonds. The zero-order chi connectivity index (χ0) is 11.8. The number of nitrogens with one attached hydrogen (secondary N) is 1. The first-order valence-corrected chi connectivity index (χ1v) is 5.79. The lowest BCUT2D eigenvalue weighted by Gasteiger charge is -2.06. The molecule has 3 heteroatoms. The Balaban J connectivity index is 0.000000921. The molecule has 0 spiro atoms. The Morgan fingerprint density at radius 3 is 2.47 bits per heavy atom. The van der Waals surface area contributed by atoms with E-state index in [4.69, 9.17) is 12.2 Å². The van der Waals surface area contributed by atoms with Crippen LogP contribution >= 0.6 is 12.2 Å². The lowest BCUT2D eigenvalue weighted by atomic mass is 9.99. The first-order valence-electron chi connectivity index (χ1n) is 5.38. The topological polar surface area (TPSA) is 32.9 Å². The molecule has 0 aliphatic heterocycles. The molecule has 0 fully saturated rings. The van der Waals surface area contributed by atoms with Gasteiger partial charge in [-0.1, -0.05) is 39.9 Å². The summed E-state index contributed by atoms with van der Waals surface area (Å²) in [5.41, 5.74) is 0.711. The van der Waals surface area contributed by atoms with Gasteiger partial charge in [0.25, 0.3) is 0 Å². The second-order valence-corrected chi connectivity index (χ2v) is 3.55. The minimum atomic E-state index is 0.0874. The van der Waals surface area contributed by atoms with Crippen LogP contribution in [0.4, 0.5) is 0 Å². The standard InChI is InChI=1S/C10H13NOS.C2H6/c1-3-7(2)10(12)8-4-5-9(13)11-6-8;1-2/h4-7H,3H2,1-2H3,(H,11,13);1-2H3. The number of carbonyl (C=O) groups is 1. The van der Waals surface area contributed by atoms with Crippen molar-refractivity contribution in [2.45, 2.75) is 34.1 Å². The summed E-state index contributed by atoms with van der Waals surface area (Å²) in [6.07, 6.45) is 2.55. The third kappa shape index (κ3) is 4.38. The van der Waals surface area contributed by atoms with Gasteiger partial charge in [0.15, 0.2) is 5.78 Å². The van der Waals surface area contributed by atoms with Crippen molar-refractivity contribution in [3.8, 4) is 0 Å². The van der Waals surface area contributed by atoms with Gasteiger partial charge in [-0.15, -0.1) is 0 Å². The van der Waals surface area contributed by atoms with Gasteiger partial charge >= 0.3 is 0 Å². The number of pyridine rings is 1. The molecule has 1 rings (SSSR count). The van der Waals surface area contributed by atoms with E-state index < -0.39 is 0 Å². The molecular formula is C12H19NOS. The van der Waals surface area contributed by atoms with E-state index in [1.54, 1.807) is 18.3 Å². The van der Waals surface area contributed by atoms with Crippen LogP contribution in [-0.4, -0.2) is 10.8 Å². The molecule has 1 N–H and O–H groups in total. The summed E-state index contributed by atoms with van der Waals surface area (Å²) in [7, 11) is 0. The molecule has 84 valence electrons. The monoisotopic (exact) mass is 225 g/mol. The van der Waals surface area contributed by atoms with Gasteiger partial charge in [-0.05, 0) is 18.6 Å². The normalized spacial score (nSPS) is 11.2. The fraction of sp³-hybridized carbons (Fsp3) is 0.500. The number of aromatic nitrogens is 1. The van der Waals surface area contributed by atoms with Crippen molar-refractivity contribution in [1.29, 1.82) is 0 Å². The van der Waals surface area contributed by atoms with Gasteiger partial charge in [0.1, 0.15) is 4.64 Å². The molecule has 2 nitrogen and oxygen atoms in total. The number of ketones is 1. The van der Waals surface area contributed by atoms with Gasteiger partial charge in [0.05, 0.1) is 0 Å². The zero-order valence-corrected chi connectivity index (χ0v) is 10.6. The molecule has 0 saturated carbocycles. The van der Waals surface area contributed by atoms with E-state index in [2.05, 4.69) is 4.98 Å². The van der Waals surface area contributed by atoms with Gasteiger partial charge in [0.2, 0.25) is 0 Å². The lowest BCUT2D eigenvalue weighted by Crippen LogP contribution is -2.10. The summed E-state index contributed by atoms with van der Waals surface area (Å²) in [5, 5.41) is 0. The summed E-state index contributed by atoms with van der Waals surface area (Å²) >= 11 is 4.89. The van der Waals surface area contributed by atoms with Gasteiger partial charge in [-0.3, -0.25) is 4.79 Å². The van der Waals surface area contributed by atoms with Crippen LogP contribution in [0, 0.1) is 10.6 Å². The Labute approximate surface area is 96.7 Å². The van der Waals surface area contributed by atoms with Crippen LogP contribution in [0.5, 0.6) is 0 Å². The Hall–Kier alpha value is -0.960. The maximum Gasteiger partial charge on any atom is 0.167 e. The molecule has 1 heterocycles. The minimum absolute atomic E-state index is 0.0874. The molecule has 0 aromatic carbocycles. The smallest absolute Gasteiger partial charge is 0.167 e. The molecule has 0 aliphatic rings. The zero-order valence-electron chi connectivity index (χ0n) is 9.83. The first kappa shape index (κ1) is 14.0.